The zero-order valence-electron chi connectivity index (χ0n) is 19.4. The van der Waals surface area contributed by atoms with Gasteiger partial charge in [-0.05, 0) is 68.1 Å². The van der Waals surface area contributed by atoms with Gasteiger partial charge in [0.05, 0.1) is 12.2 Å². The molecule has 2 aromatic carbocycles. The zero-order chi connectivity index (χ0) is 24.0. The number of aromatic nitrogens is 3. The number of anilines is 2. The van der Waals surface area contributed by atoms with Gasteiger partial charge in [0.2, 0.25) is 11.8 Å². The van der Waals surface area contributed by atoms with Crippen LogP contribution < -0.4 is 10.6 Å². The Kier molecular flexibility index (Phi) is 8.06. The number of amides is 2. The average Bonchev–Trinajstić information content (AvgIpc) is 3.13. The van der Waals surface area contributed by atoms with Gasteiger partial charge in [0, 0.05) is 17.9 Å². The number of allylic oxidation sites excluding steroid dienone is 1. The van der Waals surface area contributed by atoms with Crippen LogP contribution in [0.1, 0.15) is 28.1 Å². The number of nitrogens with one attached hydrogen (secondary N) is 2. The van der Waals surface area contributed by atoms with Gasteiger partial charge in [-0.25, -0.2) is 0 Å². The van der Waals surface area contributed by atoms with Gasteiger partial charge < -0.3 is 15.2 Å². The molecule has 33 heavy (non-hydrogen) atoms. The maximum absolute atomic E-state index is 12.6. The standard InChI is InChI=1S/C25H29N5O2S/c1-6-11-30-22(14-23(31)26-20-10-9-17(3)19(5)13-20)28-29-25(30)33-15-24(32)27-21-12-16(2)7-8-18(21)4/h6-10,12-13H,1,11,14-15H2,2-5H3,(H,26,31)(H,27,32). The van der Waals surface area contributed by atoms with Gasteiger partial charge in [-0.15, -0.1) is 16.8 Å². The van der Waals surface area contributed by atoms with Gasteiger partial charge in [0.25, 0.3) is 0 Å². The van der Waals surface area contributed by atoms with Gasteiger partial charge in [-0.3, -0.25) is 9.59 Å². The summed E-state index contributed by atoms with van der Waals surface area (Å²) in [6.45, 7) is 12.2. The van der Waals surface area contributed by atoms with Gasteiger partial charge in [-0.2, -0.15) is 0 Å². The van der Waals surface area contributed by atoms with E-state index >= 15 is 0 Å². The first-order chi connectivity index (χ1) is 15.8. The number of thioether (sulfide) groups is 1. The summed E-state index contributed by atoms with van der Waals surface area (Å²) in [7, 11) is 0. The smallest absolute Gasteiger partial charge is 0.234 e. The Morgan fingerprint density at radius 1 is 0.970 bits per heavy atom. The van der Waals surface area contributed by atoms with Crippen molar-refractivity contribution in [2.75, 3.05) is 16.4 Å². The first kappa shape index (κ1) is 24.3. The highest BCUT2D eigenvalue weighted by Gasteiger charge is 2.17. The van der Waals surface area contributed by atoms with Crippen molar-refractivity contribution in [2.45, 2.75) is 45.8 Å². The van der Waals surface area contributed by atoms with Gasteiger partial charge >= 0.3 is 0 Å². The molecule has 0 fully saturated rings. The third-order valence-corrected chi connectivity index (χ3v) is 6.18. The predicted molar refractivity (Wildman–Crippen MR) is 134 cm³/mol. The van der Waals surface area contributed by atoms with Crippen molar-refractivity contribution >= 4 is 35.0 Å². The molecule has 2 amide bonds. The van der Waals surface area contributed by atoms with E-state index in [9.17, 15) is 9.59 Å². The van der Waals surface area contributed by atoms with E-state index in [2.05, 4.69) is 27.4 Å². The first-order valence-corrected chi connectivity index (χ1v) is 11.7. The second-order valence-electron chi connectivity index (χ2n) is 7.98. The SMILES string of the molecule is C=CCn1c(CC(=O)Nc2ccc(C)c(C)c2)nnc1SCC(=O)Nc1cc(C)ccc1C. The van der Waals surface area contributed by atoms with E-state index in [1.807, 2.05) is 68.7 Å². The predicted octanol–water partition coefficient (Wildman–Crippen LogP) is 4.61. The highest BCUT2D eigenvalue weighted by atomic mass is 32.2. The third kappa shape index (κ3) is 6.55. The molecule has 0 saturated carbocycles. The highest BCUT2D eigenvalue weighted by molar-refractivity contribution is 7.99. The Balaban J connectivity index is 1.64. The van der Waals surface area contributed by atoms with Crippen LogP contribution in [-0.4, -0.2) is 32.3 Å². The second-order valence-corrected chi connectivity index (χ2v) is 8.92. The molecule has 0 aliphatic rings. The maximum Gasteiger partial charge on any atom is 0.234 e. The van der Waals surface area contributed by atoms with Crippen LogP contribution in [0.4, 0.5) is 11.4 Å². The minimum absolute atomic E-state index is 0.0724. The van der Waals surface area contributed by atoms with Crippen LogP contribution in [-0.2, 0) is 22.6 Å². The van der Waals surface area contributed by atoms with Crippen molar-refractivity contribution in [3.05, 3.63) is 77.1 Å². The van der Waals surface area contributed by atoms with E-state index in [1.165, 1.54) is 17.3 Å². The molecular formula is C25H29N5O2S. The lowest BCUT2D eigenvalue weighted by molar-refractivity contribution is -0.116. The summed E-state index contributed by atoms with van der Waals surface area (Å²) < 4.78 is 1.81. The summed E-state index contributed by atoms with van der Waals surface area (Å²) in [5.41, 5.74) is 5.92. The number of aryl methyl sites for hydroxylation is 4. The molecule has 1 aromatic heterocycles. The monoisotopic (exact) mass is 463 g/mol. The Labute approximate surface area is 198 Å². The molecule has 0 aliphatic carbocycles. The van der Waals surface area contributed by atoms with Crippen LogP contribution in [0, 0.1) is 27.7 Å². The molecule has 172 valence electrons. The number of rotatable bonds is 9. The molecule has 0 saturated heterocycles. The summed E-state index contributed by atoms with van der Waals surface area (Å²) in [6, 6.07) is 11.7. The van der Waals surface area contributed by atoms with Crippen molar-refractivity contribution in [3.8, 4) is 0 Å². The van der Waals surface area contributed by atoms with Crippen LogP contribution >= 0.6 is 11.8 Å². The van der Waals surface area contributed by atoms with Crippen LogP contribution in [0.5, 0.6) is 0 Å². The topological polar surface area (TPSA) is 88.9 Å². The van der Waals surface area contributed by atoms with Crippen LogP contribution in [0.2, 0.25) is 0 Å². The lowest BCUT2D eigenvalue weighted by Crippen LogP contribution is -2.18. The lowest BCUT2D eigenvalue weighted by atomic mass is 10.1. The fourth-order valence-corrected chi connectivity index (χ4v) is 3.99. The number of hydrogen-bond acceptors (Lipinski definition) is 5. The van der Waals surface area contributed by atoms with E-state index in [4.69, 9.17) is 0 Å². The summed E-state index contributed by atoms with van der Waals surface area (Å²) in [4.78, 5) is 25.1. The lowest BCUT2D eigenvalue weighted by Gasteiger charge is -2.10. The molecule has 0 radical (unpaired) electrons. The molecule has 0 atom stereocenters. The Morgan fingerprint density at radius 2 is 1.73 bits per heavy atom. The molecule has 1 heterocycles. The molecule has 3 aromatic rings. The number of benzene rings is 2. The molecule has 8 heteroatoms. The maximum atomic E-state index is 12.6. The Hall–Kier alpha value is -3.39. The summed E-state index contributed by atoms with van der Waals surface area (Å²) in [5.74, 6) is 0.391. The Morgan fingerprint density at radius 3 is 2.45 bits per heavy atom. The fraction of sp³-hybridized carbons (Fsp3) is 0.280. The van der Waals surface area contributed by atoms with Crippen molar-refractivity contribution in [3.63, 3.8) is 0 Å². The number of nitrogens with zero attached hydrogens (tertiary/aromatic N) is 3. The quantitative estimate of drug-likeness (QED) is 0.357. The molecule has 2 N–H and O–H groups in total. The number of hydrogen-bond donors (Lipinski definition) is 2. The minimum atomic E-state index is -0.180. The number of carbonyl (C=O) groups is 2. The third-order valence-electron chi connectivity index (χ3n) is 5.21. The van der Waals surface area contributed by atoms with E-state index in [1.54, 1.807) is 6.08 Å². The van der Waals surface area contributed by atoms with Crippen LogP contribution in [0.15, 0.2) is 54.2 Å². The number of carbonyl (C=O) groups excluding carboxylic acids is 2. The molecule has 7 nitrogen and oxygen atoms in total. The van der Waals surface area contributed by atoms with Crippen molar-refractivity contribution in [1.29, 1.82) is 0 Å². The van der Waals surface area contributed by atoms with E-state index in [0.717, 1.165) is 28.1 Å². The highest BCUT2D eigenvalue weighted by Crippen LogP contribution is 2.21. The van der Waals surface area contributed by atoms with Crippen molar-refractivity contribution < 1.29 is 9.59 Å². The molecule has 3 rings (SSSR count). The second kappa shape index (κ2) is 11.0. The molecule has 0 unspecified atom stereocenters. The van der Waals surface area contributed by atoms with E-state index in [0.29, 0.717) is 17.5 Å². The minimum Gasteiger partial charge on any atom is -0.326 e. The molecular weight excluding hydrogens is 434 g/mol. The van der Waals surface area contributed by atoms with Crippen molar-refractivity contribution in [2.24, 2.45) is 0 Å². The Bertz CT molecular complexity index is 1190. The van der Waals surface area contributed by atoms with Gasteiger partial charge in [0.1, 0.15) is 5.82 Å². The fourth-order valence-electron chi connectivity index (χ4n) is 3.22. The average molecular weight is 464 g/mol. The molecule has 0 spiro atoms. The zero-order valence-corrected chi connectivity index (χ0v) is 20.3. The van der Waals surface area contributed by atoms with E-state index in [-0.39, 0.29) is 24.0 Å². The normalized spacial score (nSPS) is 10.7. The summed E-state index contributed by atoms with van der Waals surface area (Å²) in [6.07, 6.45) is 1.79. The largest absolute Gasteiger partial charge is 0.326 e. The van der Waals surface area contributed by atoms with Crippen LogP contribution in [0.3, 0.4) is 0 Å². The van der Waals surface area contributed by atoms with Gasteiger partial charge in [-0.1, -0.05) is 36.0 Å². The van der Waals surface area contributed by atoms with Crippen molar-refractivity contribution in [1.82, 2.24) is 14.8 Å². The van der Waals surface area contributed by atoms with Gasteiger partial charge in [0.15, 0.2) is 5.16 Å². The van der Waals surface area contributed by atoms with Crippen LogP contribution in [0.25, 0.3) is 0 Å². The first-order valence-electron chi connectivity index (χ1n) is 10.7. The summed E-state index contributed by atoms with van der Waals surface area (Å²) >= 11 is 1.28. The van der Waals surface area contributed by atoms with E-state index < -0.39 is 0 Å². The molecule has 0 aliphatic heterocycles. The summed E-state index contributed by atoms with van der Waals surface area (Å²) in [5, 5.41) is 14.8. The molecule has 0 bridgehead atoms.